The number of hydrogen-bond donors (Lipinski definition) is 1. The van der Waals surface area contributed by atoms with Crippen LogP contribution in [0.1, 0.15) is 60.5 Å². The summed E-state index contributed by atoms with van der Waals surface area (Å²) in [5, 5.41) is 2.83. The van der Waals surface area contributed by atoms with Crippen molar-refractivity contribution in [3.8, 4) is 5.75 Å². The van der Waals surface area contributed by atoms with E-state index in [1.54, 1.807) is 24.3 Å². The lowest BCUT2D eigenvalue weighted by Gasteiger charge is -2.33. The molecule has 3 amide bonds. The van der Waals surface area contributed by atoms with Gasteiger partial charge in [0.1, 0.15) is 5.75 Å². The summed E-state index contributed by atoms with van der Waals surface area (Å²) in [5.41, 5.74) is 1.18. The Labute approximate surface area is 182 Å². The number of ketones is 1. The molecule has 2 heterocycles. The average Bonchev–Trinajstić information content (AvgIpc) is 3.02. The largest absolute Gasteiger partial charge is 0.493 e. The van der Waals surface area contributed by atoms with Crippen molar-refractivity contribution in [3.63, 3.8) is 0 Å². The van der Waals surface area contributed by atoms with Gasteiger partial charge in [-0.15, -0.1) is 0 Å². The van der Waals surface area contributed by atoms with E-state index in [9.17, 15) is 14.4 Å². The van der Waals surface area contributed by atoms with Gasteiger partial charge >= 0.3 is 6.03 Å². The minimum Gasteiger partial charge on any atom is -0.493 e. The molecule has 6 nitrogen and oxygen atoms in total. The molecule has 1 spiro atoms. The monoisotopic (exact) mass is 420 g/mol. The van der Waals surface area contributed by atoms with Gasteiger partial charge in [0.2, 0.25) is 0 Å². The number of rotatable bonds is 8. The maximum atomic E-state index is 13.3. The molecular weight excluding hydrogens is 392 g/mol. The fourth-order valence-electron chi connectivity index (χ4n) is 4.36. The Morgan fingerprint density at radius 2 is 1.84 bits per heavy atom. The van der Waals surface area contributed by atoms with Gasteiger partial charge in [0.25, 0.3) is 5.91 Å². The summed E-state index contributed by atoms with van der Waals surface area (Å²) in [5.74, 6) is -0.0577. The lowest BCUT2D eigenvalue weighted by atomic mass is 9.84. The number of nitrogens with one attached hydrogen (secondary N) is 1. The van der Waals surface area contributed by atoms with Crippen molar-refractivity contribution in [2.75, 3.05) is 13.2 Å². The second-order valence-electron chi connectivity index (χ2n) is 8.25. The molecule has 31 heavy (non-hydrogen) atoms. The quantitative estimate of drug-likeness (QED) is 0.394. The number of nitrogens with zero attached hydrogens (tertiary/aromatic N) is 1. The molecule has 0 saturated carbocycles. The number of ether oxygens (including phenoxy) is 1. The van der Waals surface area contributed by atoms with Crippen molar-refractivity contribution in [2.24, 2.45) is 0 Å². The van der Waals surface area contributed by atoms with Crippen LogP contribution in [0, 0.1) is 0 Å². The van der Waals surface area contributed by atoms with E-state index in [0.717, 1.165) is 17.7 Å². The lowest BCUT2D eigenvalue weighted by Crippen LogP contribution is -2.47. The van der Waals surface area contributed by atoms with Gasteiger partial charge in [0, 0.05) is 17.5 Å². The van der Waals surface area contributed by atoms with Crippen molar-refractivity contribution in [3.05, 3.63) is 65.2 Å². The maximum Gasteiger partial charge on any atom is 0.325 e. The molecule has 1 saturated heterocycles. The number of unbranched alkanes of at least 4 members (excludes halogenated alkanes) is 3. The van der Waals surface area contributed by atoms with E-state index in [4.69, 9.17) is 4.74 Å². The Morgan fingerprint density at radius 1 is 1.06 bits per heavy atom. The maximum absolute atomic E-state index is 13.3. The molecule has 162 valence electrons. The number of carbonyl (C=O) groups excluding carboxylic acids is 3. The fraction of sp³-hybridized carbons (Fsp3) is 0.400. The molecule has 0 aliphatic carbocycles. The van der Waals surface area contributed by atoms with Gasteiger partial charge in [-0.25, -0.2) is 4.79 Å². The molecule has 2 aliphatic rings. The SMILES string of the molecule is CCCCCCc1ccc(C(=O)CN2C(=O)NC3(CCOc4ccccc43)C2=O)cc1. The van der Waals surface area contributed by atoms with Gasteiger partial charge in [-0.2, -0.15) is 0 Å². The second-order valence-corrected chi connectivity index (χ2v) is 8.25. The minimum atomic E-state index is -1.16. The van der Waals surface area contributed by atoms with Crippen LogP contribution in [0.4, 0.5) is 4.79 Å². The molecule has 0 radical (unpaired) electrons. The van der Waals surface area contributed by atoms with Crippen molar-refractivity contribution in [1.29, 1.82) is 0 Å². The summed E-state index contributed by atoms with van der Waals surface area (Å²) in [4.78, 5) is 39.8. The molecule has 4 rings (SSSR count). The third kappa shape index (κ3) is 4.07. The smallest absolute Gasteiger partial charge is 0.325 e. The van der Waals surface area contributed by atoms with Crippen LogP contribution in [0.15, 0.2) is 48.5 Å². The number of aryl methyl sites for hydroxylation is 1. The zero-order valence-corrected chi connectivity index (χ0v) is 17.9. The van der Waals surface area contributed by atoms with Crippen molar-refractivity contribution in [2.45, 2.75) is 51.0 Å². The number of fused-ring (bicyclic) bond motifs is 2. The van der Waals surface area contributed by atoms with E-state index in [0.29, 0.717) is 29.9 Å². The van der Waals surface area contributed by atoms with Crippen LogP contribution in [0.25, 0.3) is 0 Å². The van der Waals surface area contributed by atoms with Crippen LogP contribution in [0.5, 0.6) is 5.75 Å². The number of para-hydroxylation sites is 1. The first-order valence-electron chi connectivity index (χ1n) is 11.0. The number of imide groups is 1. The highest BCUT2D eigenvalue weighted by molar-refractivity contribution is 6.11. The summed E-state index contributed by atoms with van der Waals surface area (Å²) in [7, 11) is 0. The molecule has 0 bridgehead atoms. The van der Waals surface area contributed by atoms with E-state index >= 15 is 0 Å². The molecular formula is C25H28N2O4. The van der Waals surface area contributed by atoms with E-state index in [1.807, 2.05) is 24.3 Å². The third-order valence-corrected chi connectivity index (χ3v) is 6.15. The van der Waals surface area contributed by atoms with E-state index < -0.39 is 17.5 Å². The molecule has 6 heteroatoms. The van der Waals surface area contributed by atoms with Gasteiger partial charge in [0.05, 0.1) is 13.2 Å². The predicted octanol–water partition coefficient (Wildman–Crippen LogP) is 4.22. The first kappa shape index (κ1) is 21.1. The highest BCUT2D eigenvalue weighted by Crippen LogP contribution is 2.40. The Balaban J connectivity index is 1.45. The number of amides is 3. The normalized spacial score (nSPS) is 19.8. The van der Waals surface area contributed by atoms with Gasteiger partial charge < -0.3 is 10.1 Å². The minimum absolute atomic E-state index is 0.251. The van der Waals surface area contributed by atoms with Gasteiger partial charge in [-0.1, -0.05) is 68.7 Å². The highest BCUT2D eigenvalue weighted by Gasteiger charge is 2.55. The second kappa shape index (κ2) is 8.92. The van der Waals surface area contributed by atoms with Crippen molar-refractivity contribution >= 4 is 17.7 Å². The van der Waals surface area contributed by atoms with Gasteiger partial charge in [-0.05, 0) is 24.5 Å². The molecule has 2 aromatic carbocycles. The number of carbonyl (C=O) groups is 3. The Hall–Kier alpha value is -3.15. The number of benzene rings is 2. The van der Waals surface area contributed by atoms with E-state index in [-0.39, 0.29) is 12.3 Å². The number of Topliss-reactive ketones (excluding diaryl/α,β-unsaturated/α-hetero) is 1. The van der Waals surface area contributed by atoms with Crippen LogP contribution in [-0.2, 0) is 16.8 Å². The summed E-state index contributed by atoms with van der Waals surface area (Å²) in [6.45, 7) is 2.24. The zero-order valence-electron chi connectivity index (χ0n) is 17.9. The molecule has 2 aromatic rings. The Bertz CT molecular complexity index is 985. The Morgan fingerprint density at radius 3 is 2.61 bits per heavy atom. The third-order valence-electron chi connectivity index (χ3n) is 6.15. The van der Waals surface area contributed by atoms with Gasteiger partial charge in [0.15, 0.2) is 11.3 Å². The standard InChI is InChI=1S/C25H28N2O4/c1-2-3-4-5-8-18-11-13-19(14-12-18)21(28)17-27-23(29)25(26-24(27)30)15-16-31-22-10-7-6-9-20(22)25/h6-7,9-14H,2-5,8,15-17H2,1H3,(H,26,30). The fourth-order valence-corrected chi connectivity index (χ4v) is 4.36. The van der Waals surface area contributed by atoms with Gasteiger partial charge in [-0.3, -0.25) is 14.5 Å². The first-order valence-corrected chi connectivity index (χ1v) is 11.0. The number of urea groups is 1. The number of hydrogen-bond acceptors (Lipinski definition) is 4. The summed E-state index contributed by atoms with van der Waals surface area (Å²) >= 11 is 0. The molecule has 1 atom stereocenters. The molecule has 1 N–H and O–H groups in total. The van der Waals surface area contributed by atoms with Crippen LogP contribution in [-0.4, -0.2) is 35.8 Å². The van der Waals surface area contributed by atoms with Crippen LogP contribution >= 0.6 is 0 Å². The molecule has 2 aliphatic heterocycles. The molecule has 0 aromatic heterocycles. The zero-order chi connectivity index (χ0) is 21.8. The first-order chi connectivity index (χ1) is 15.0. The summed E-state index contributed by atoms with van der Waals surface area (Å²) in [6, 6.07) is 14.2. The van der Waals surface area contributed by atoms with E-state index in [1.165, 1.54) is 24.8 Å². The molecule has 1 unspecified atom stereocenters. The van der Waals surface area contributed by atoms with Crippen molar-refractivity contribution in [1.82, 2.24) is 10.2 Å². The Kier molecular flexibility index (Phi) is 6.07. The topological polar surface area (TPSA) is 75.7 Å². The van der Waals surface area contributed by atoms with E-state index in [2.05, 4.69) is 12.2 Å². The van der Waals surface area contributed by atoms with Crippen molar-refractivity contribution < 1.29 is 19.1 Å². The van der Waals surface area contributed by atoms with Crippen LogP contribution in [0.3, 0.4) is 0 Å². The van der Waals surface area contributed by atoms with Crippen LogP contribution < -0.4 is 10.1 Å². The van der Waals surface area contributed by atoms with Crippen LogP contribution in [0.2, 0.25) is 0 Å². The highest BCUT2D eigenvalue weighted by atomic mass is 16.5. The lowest BCUT2D eigenvalue weighted by molar-refractivity contribution is -0.132. The predicted molar refractivity (Wildman–Crippen MR) is 117 cm³/mol. The summed E-state index contributed by atoms with van der Waals surface area (Å²) < 4.78 is 5.64. The average molecular weight is 421 g/mol. The molecule has 1 fully saturated rings. The summed E-state index contributed by atoms with van der Waals surface area (Å²) in [6.07, 6.45) is 6.12.